The van der Waals surface area contributed by atoms with E-state index in [0.29, 0.717) is 6.04 Å². The largest absolute Gasteiger partial charge is 0.494 e. The molecule has 0 aliphatic heterocycles. The van der Waals surface area contributed by atoms with E-state index in [4.69, 9.17) is 9.47 Å². The number of rotatable bonds is 9. The van der Waals surface area contributed by atoms with Crippen molar-refractivity contribution in [2.75, 3.05) is 25.1 Å². The minimum absolute atomic E-state index is 0.454. The van der Waals surface area contributed by atoms with E-state index in [2.05, 4.69) is 31.3 Å². The molecule has 1 N–H and O–H groups in total. The molecule has 0 bridgehead atoms. The van der Waals surface area contributed by atoms with Crippen molar-refractivity contribution in [3.8, 4) is 5.75 Å². The summed E-state index contributed by atoms with van der Waals surface area (Å²) in [6.07, 6.45) is 2.09. The number of nitrogens with one attached hydrogen (secondary N) is 1. The van der Waals surface area contributed by atoms with Crippen molar-refractivity contribution in [3.63, 3.8) is 0 Å². The van der Waals surface area contributed by atoms with Gasteiger partial charge in [0.05, 0.1) is 6.61 Å². The Hall–Kier alpha value is -1.22. The Balaban J connectivity index is 2.18. The quantitative estimate of drug-likeness (QED) is 0.679. The first kappa shape index (κ1) is 14.8. The molecular weight excluding hydrogens is 226 g/mol. The zero-order valence-corrected chi connectivity index (χ0v) is 11.7. The van der Waals surface area contributed by atoms with Crippen LogP contribution in [-0.2, 0) is 4.74 Å². The summed E-state index contributed by atoms with van der Waals surface area (Å²) < 4.78 is 10.9. The molecule has 18 heavy (non-hydrogen) atoms. The molecule has 0 fully saturated rings. The number of benzene rings is 1. The second kappa shape index (κ2) is 8.81. The highest BCUT2D eigenvalue weighted by Crippen LogP contribution is 2.16. The lowest BCUT2D eigenvalue weighted by Gasteiger charge is -2.11. The zero-order valence-electron chi connectivity index (χ0n) is 11.7. The number of hydrogen-bond acceptors (Lipinski definition) is 3. The van der Waals surface area contributed by atoms with Crippen LogP contribution in [-0.4, -0.2) is 25.9 Å². The predicted molar refractivity (Wildman–Crippen MR) is 76.4 cm³/mol. The molecule has 0 heterocycles. The van der Waals surface area contributed by atoms with Crippen molar-refractivity contribution in [3.05, 3.63) is 24.3 Å². The van der Waals surface area contributed by atoms with Crippen LogP contribution < -0.4 is 10.1 Å². The highest BCUT2D eigenvalue weighted by molar-refractivity contribution is 5.46. The van der Waals surface area contributed by atoms with Crippen LogP contribution in [0.5, 0.6) is 5.75 Å². The molecule has 1 rings (SSSR count). The Bertz CT molecular complexity index is 309. The van der Waals surface area contributed by atoms with Crippen molar-refractivity contribution in [2.45, 2.75) is 39.7 Å². The molecule has 0 spiro atoms. The van der Waals surface area contributed by atoms with Crippen LogP contribution in [0, 0.1) is 0 Å². The van der Waals surface area contributed by atoms with E-state index in [1.54, 1.807) is 0 Å². The lowest BCUT2D eigenvalue weighted by molar-refractivity contribution is 0.138. The summed E-state index contributed by atoms with van der Waals surface area (Å²) in [5.41, 5.74) is 1.13. The number of unbranched alkanes of at least 4 members (excludes halogenated alkanes) is 1. The molecule has 1 aromatic carbocycles. The van der Waals surface area contributed by atoms with E-state index in [1.807, 2.05) is 19.1 Å². The van der Waals surface area contributed by atoms with Crippen LogP contribution in [0.15, 0.2) is 24.3 Å². The van der Waals surface area contributed by atoms with Crippen LogP contribution in [0.1, 0.15) is 33.6 Å². The molecule has 1 aromatic rings. The van der Waals surface area contributed by atoms with Crippen LogP contribution in [0.2, 0.25) is 0 Å². The fourth-order valence-corrected chi connectivity index (χ4v) is 1.62. The SMILES string of the molecule is CCOCCCCOc1ccc(NC(C)C)cc1. The molecule has 0 amide bonds. The van der Waals surface area contributed by atoms with Gasteiger partial charge in [-0.3, -0.25) is 0 Å². The standard InChI is InChI=1S/C15H25NO2/c1-4-17-11-5-6-12-18-15-9-7-14(8-10-15)16-13(2)3/h7-10,13,16H,4-6,11-12H2,1-3H3. The van der Waals surface area contributed by atoms with Gasteiger partial charge in [0.2, 0.25) is 0 Å². The fraction of sp³-hybridized carbons (Fsp3) is 0.600. The van der Waals surface area contributed by atoms with Crippen LogP contribution in [0.3, 0.4) is 0 Å². The number of hydrogen-bond donors (Lipinski definition) is 1. The first-order valence-corrected chi connectivity index (χ1v) is 6.79. The molecule has 3 nitrogen and oxygen atoms in total. The summed E-state index contributed by atoms with van der Waals surface area (Å²) >= 11 is 0. The molecule has 0 atom stereocenters. The molecule has 0 aromatic heterocycles. The van der Waals surface area contributed by atoms with Crippen LogP contribution in [0.4, 0.5) is 5.69 Å². The van der Waals surface area contributed by atoms with E-state index in [1.165, 1.54) is 0 Å². The van der Waals surface area contributed by atoms with Crippen molar-refractivity contribution in [1.29, 1.82) is 0 Å². The molecule has 0 radical (unpaired) electrons. The summed E-state index contributed by atoms with van der Waals surface area (Å²) in [6.45, 7) is 8.65. The van der Waals surface area contributed by atoms with Gasteiger partial charge in [-0.1, -0.05) is 0 Å². The van der Waals surface area contributed by atoms with Crippen molar-refractivity contribution in [2.24, 2.45) is 0 Å². The topological polar surface area (TPSA) is 30.5 Å². The first-order chi connectivity index (χ1) is 8.72. The highest BCUT2D eigenvalue weighted by Gasteiger charge is 1.97. The van der Waals surface area contributed by atoms with E-state index >= 15 is 0 Å². The second-order valence-electron chi connectivity index (χ2n) is 4.58. The van der Waals surface area contributed by atoms with Gasteiger partial charge in [-0.2, -0.15) is 0 Å². The minimum Gasteiger partial charge on any atom is -0.494 e. The maximum absolute atomic E-state index is 5.66. The second-order valence-corrected chi connectivity index (χ2v) is 4.58. The van der Waals surface area contributed by atoms with Gasteiger partial charge in [-0.15, -0.1) is 0 Å². The maximum Gasteiger partial charge on any atom is 0.119 e. The van der Waals surface area contributed by atoms with Gasteiger partial charge in [-0.05, 0) is 57.9 Å². The number of ether oxygens (including phenoxy) is 2. The smallest absolute Gasteiger partial charge is 0.119 e. The van der Waals surface area contributed by atoms with Crippen molar-refractivity contribution >= 4 is 5.69 Å². The average Bonchev–Trinajstić information content (AvgIpc) is 2.35. The van der Waals surface area contributed by atoms with Crippen molar-refractivity contribution < 1.29 is 9.47 Å². The third kappa shape index (κ3) is 6.50. The molecular formula is C15H25NO2. The normalized spacial score (nSPS) is 10.7. The van der Waals surface area contributed by atoms with Gasteiger partial charge in [-0.25, -0.2) is 0 Å². The van der Waals surface area contributed by atoms with Crippen LogP contribution in [0.25, 0.3) is 0 Å². The Morgan fingerprint density at radius 2 is 1.72 bits per heavy atom. The zero-order chi connectivity index (χ0) is 13.2. The molecule has 0 saturated carbocycles. The summed E-state index contributed by atoms with van der Waals surface area (Å²) in [5, 5.41) is 3.35. The maximum atomic E-state index is 5.66. The summed E-state index contributed by atoms with van der Waals surface area (Å²) in [7, 11) is 0. The van der Waals surface area contributed by atoms with Crippen molar-refractivity contribution in [1.82, 2.24) is 0 Å². The van der Waals surface area contributed by atoms with Gasteiger partial charge < -0.3 is 14.8 Å². The molecule has 102 valence electrons. The van der Waals surface area contributed by atoms with E-state index in [0.717, 1.165) is 44.1 Å². The first-order valence-electron chi connectivity index (χ1n) is 6.79. The lowest BCUT2D eigenvalue weighted by Crippen LogP contribution is -2.09. The average molecular weight is 251 g/mol. The summed E-state index contributed by atoms with van der Waals surface area (Å²) in [4.78, 5) is 0. The Kier molecular flexibility index (Phi) is 7.26. The van der Waals surface area contributed by atoms with Gasteiger partial charge >= 0.3 is 0 Å². The fourth-order valence-electron chi connectivity index (χ4n) is 1.62. The predicted octanol–water partition coefficient (Wildman–Crippen LogP) is 3.70. The van der Waals surface area contributed by atoms with E-state index in [9.17, 15) is 0 Å². The third-order valence-corrected chi connectivity index (χ3v) is 2.47. The van der Waals surface area contributed by atoms with Crippen LogP contribution >= 0.6 is 0 Å². The lowest BCUT2D eigenvalue weighted by atomic mass is 10.2. The Morgan fingerprint density at radius 3 is 2.33 bits per heavy atom. The van der Waals surface area contributed by atoms with Gasteiger partial charge in [0.1, 0.15) is 5.75 Å². The Morgan fingerprint density at radius 1 is 1.06 bits per heavy atom. The molecule has 3 heteroatoms. The molecule has 0 unspecified atom stereocenters. The van der Waals surface area contributed by atoms with E-state index < -0.39 is 0 Å². The molecule has 0 saturated heterocycles. The highest BCUT2D eigenvalue weighted by atomic mass is 16.5. The summed E-state index contributed by atoms with van der Waals surface area (Å²) in [5.74, 6) is 0.931. The minimum atomic E-state index is 0.454. The molecule has 0 aliphatic rings. The third-order valence-electron chi connectivity index (χ3n) is 2.47. The van der Waals surface area contributed by atoms with E-state index in [-0.39, 0.29) is 0 Å². The molecule has 0 aliphatic carbocycles. The number of anilines is 1. The summed E-state index contributed by atoms with van der Waals surface area (Å²) in [6, 6.07) is 8.57. The van der Waals surface area contributed by atoms with Gasteiger partial charge in [0.25, 0.3) is 0 Å². The van der Waals surface area contributed by atoms with Gasteiger partial charge in [0, 0.05) is 24.9 Å². The Labute approximate surface area is 110 Å². The monoisotopic (exact) mass is 251 g/mol. The van der Waals surface area contributed by atoms with Gasteiger partial charge in [0.15, 0.2) is 0 Å².